The molecule has 0 saturated carbocycles. The molecule has 6 nitrogen and oxygen atoms in total. The molecule has 0 atom stereocenters. The number of anilines is 2. The monoisotopic (exact) mass is 416 g/mol. The number of nitrogens with one attached hydrogen (secondary N) is 2. The minimum atomic E-state index is -0.418. The van der Waals surface area contributed by atoms with E-state index in [0.717, 1.165) is 0 Å². The van der Waals surface area contributed by atoms with Gasteiger partial charge in [0.15, 0.2) is 11.5 Å². The molecule has 0 spiro atoms. The Labute approximate surface area is 177 Å². The molecule has 0 aliphatic heterocycles. The molecule has 2 N–H and O–H groups in total. The summed E-state index contributed by atoms with van der Waals surface area (Å²) >= 11 is 0. The van der Waals surface area contributed by atoms with Crippen LogP contribution in [0.5, 0.6) is 11.5 Å². The number of hydrogen-bond acceptors (Lipinski definition) is 4. The zero-order valence-corrected chi connectivity index (χ0v) is 16.2. The molecule has 0 bridgehead atoms. The summed E-state index contributed by atoms with van der Waals surface area (Å²) in [5.41, 5.74) is 1.34. The second-order valence-corrected chi connectivity index (χ2v) is 6.52. The van der Waals surface area contributed by atoms with Gasteiger partial charge in [0.1, 0.15) is 11.6 Å². The molecular formula is C24H17FN2O4. The highest BCUT2D eigenvalue weighted by molar-refractivity contribution is 6.06. The zero-order chi connectivity index (χ0) is 21.6. The molecule has 1 aromatic heterocycles. The molecule has 0 fully saturated rings. The molecule has 0 unspecified atom stereocenters. The number of carbonyl (C=O) groups excluding carboxylic acids is 2. The topological polar surface area (TPSA) is 80.6 Å². The minimum Gasteiger partial charge on any atom is -0.459 e. The lowest BCUT2D eigenvalue weighted by Crippen LogP contribution is -2.13. The number of para-hydroxylation sites is 2. The summed E-state index contributed by atoms with van der Waals surface area (Å²) in [5, 5.41) is 5.47. The van der Waals surface area contributed by atoms with E-state index >= 15 is 0 Å². The van der Waals surface area contributed by atoms with Gasteiger partial charge in [0.05, 0.1) is 12.0 Å². The smallest absolute Gasteiger partial charge is 0.291 e. The predicted octanol–water partition coefficient (Wildman–Crippen LogP) is 5.72. The highest BCUT2D eigenvalue weighted by atomic mass is 19.1. The largest absolute Gasteiger partial charge is 0.459 e. The lowest BCUT2D eigenvalue weighted by Gasteiger charge is -2.12. The van der Waals surface area contributed by atoms with Crippen LogP contribution in [0.15, 0.2) is 95.6 Å². The third-order valence-corrected chi connectivity index (χ3v) is 4.31. The van der Waals surface area contributed by atoms with E-state index in [1.807, 2.05) is 0 Å². The number of hydrogen-bond donors (Lipinski definition) is 2. The third kappa shape index (κ3) is 4.97. The van der Waals surface area contributed by atoms with Crippen LogP contribution in [-0.4, -0.2) is 11.8 Å². The van der Waals surface area contributed by atoms with Gasteiger partial charge in [0.2, 0.25) is 0 Å². The lowest BCUT2D eigenvalue weighted by molar-refractivity contribution is 0.0995. The van der Waals surface area contributed by atoms with Gasteiger partial charge in [-0.05, 0) is 60.7 Å². The Morgan fingerprint density at radius 1 is 0.806 bits per heavy atom. The molecule has 0 saturated heterocycles. The van der Waals surface area contributed by atoms with Crippen LogP contribution in [-0.2, 0) is 0 Å². The molecule has 4 rings (SSSR count). The molecule has 0 aliphatic carbocycles. The fraction of sp³-hybridized carbons (Fsp3) is 0. The Kier molecular flexibility index (Phi) is 5.75. The molecule has 0 radical (unpaired) electrons. The van der Waals surface area contributed by atoms with Crippen LogP contribution < -0.4 is 15.4 Å². The first-order valence-corrected chi connectivity index (χ1v) is 9.37. The van der Waals surface area contributed by atoms with Crippen molar-refractivity contribution in [3.63, 3.8) is 0 Å². The Morgan fingerprint density at radius 2 is 1.61 bits per heavy atom. The molecule has 2 amide bonds. The van der Waals surface area contributed by atoms with Gasteiger partial charge in [-0.1, -0.05) is 18.2 Å². The summed E-state index contributed by atoms with van der Waals surface area (Å²) in [5.74, 6) is -0.276. The molecular weight excluding hydrogens is 399 g/mol. The van der Waals surface area contributed by atoms with Gasteiger partial charge in [-0.25, -0.2) is 4.39 Å². The highest BCUT2D eigenvalue weighted by Crippen LogP contribution is 2.30. The second kappa shape index (κ2) is 8.96. The van der Waals surface area contributed by atoms with E-state index in [9.17, 15) is 14.0 Å². The van der Waals surface area contributed by atoms with Crippen LogP contribution in [0.3, 0.4) is 0 Å². The first-order chi connectivity index (χ1) is 15.1. The van der Waals surface area contributed by atoms with Crippen molar-refractivity contribution in [1.29, 1.82) is 0 Å². The average Bonchev–Trinajstić information content (AvgIpc) is 3.31. The van der Waals surface area contributed by atoms with E-state index in [1.54, 1.807) is 66.7 Å². The third-order valence-electron chi connectivity index (χ3n) is 4.31. The fourth-order valence-corrected chi connectivity index (χ4v) is 2.82. The van der Waals surface area contributed by atoms with E-state index in [0.29, 0.717) is 28.4 Å². The number of halogens is 1. The zero-order valence-electron chi connectivity index (χ0n) is 16.2. The number of carbonyl (C=O) groups is 2. The van der Waals surface area contributed by atoms with Crippen molar-refractivity contribution in [3.8, 4) is 11.5 Å². The van der Waals surface area contributed by atoms with Crippen molar-refractivity contribution < 1.29 is 23.1 Å². The van der Waals surface area contributed by atoms with Gasteiger partial charge in [-0.2, -0.15) is 0 Å². The molecule has 4 aromatic rings. The number of amides is 2. The van der Waals surface area contributed by atoms with Crippen molar-refractivity contribution >= 4 is 23.2 Å². The molecule has 1 heterocycles. The highest BCUT2D eigenvalue weighted by Gasteiger charge is 2.12. The number of furan rings is 1. The van der Waals surface area contributed by atoms with E-state index < -0.39 is 5.82 Å². The second-order valence-electron chi connectivity index (χ2n) is 6.52. The summed E-state index contributed by atoms with van der Waals surface area (Å²) in [7, 11) is 0. The Hall–Kier alpha value is -4.39. The van der Waals surface area contributed by atoms with Gasteiger partial charge < -0.3 is 19.8 Å². The summed E-state index contributed by atoms with van der Waals surface area (Å²) in [6, 6.07) is 22.2. The fourth-order valence-electron chi connectivity index (χ4n) is 2.82. The van der Waals surface area contributed by atoms with Crippen LogP contribution in [0.1, 0.15) is 20.9 Å². The average molecular weight is 416 g/mol. The van der Waals surface area contributed by atoms with Gasteiger partial charge in [0, 0.05) is 17.3 Å². The molecule has 154 valence electrons. The maximum Gasteiger partial charge on any atom is 0.291 e. The first-order valence-electron chi connectivity index (χ1n) is 9.37. The molecule has 0 aliphatic rings. The summed E-state index contributed by atoms with van der Waals surface area (Å²) < 4.78 is 24.2. The van der Waals surface area contributed by atoms with Crippen molar-refractivity contribution in [2.24, 2.45) is 0 Å². The standard InChI is InChI=1S/C24H17FN2O4/c25-17-5-3-6-19(15-17)31-21-8-2-1-7-20(21)27-23(28)16-10-12-18(13-11-16)26-24(29)22-9-4-14-30-22/h1-15H,(H,26,29)(H,27,28). The molecule has 31 heavy (non-hydrogen) atoms. The summed E-state index contributed by atoms with van der Waals surface area (Å²) in [6.45, 7) is 0. The Morgan fingerprint density at radius 3 is 2.35 bits per heavy atom. The van der Waals surface area contributed by atoms with E-state index in [1.165, 1.54) is 24.5 Å². The van der Waals surface area contributed by atoms with Crippen molar-refractivity contribution in [2.75, 3.05) is 10.6 Å². The first kappa shape index (κ1) is 19.9. The summed E-state index contributed by atoms with van der Waals surface area (Å²) in [4.78, 5) is 24.7. The van der Waals surface area contributed by atoms with Crippen LogP contribution in [0, 0.1) is 5.82 Å². The number of benzene rings is 3. The van der Waals surface area contributed by atoms with Gasteiger partial charge in [0.25, 0.3) is 11.8 Å². The molecule has 7 heteroatoms. The summed E-state index contributed by atoms with van der Waals surface area (Å²) in [6.07, 6.45) is 1.41. The maximum absolute atomic E-state index is 13.4. The number of ether oxygens (including phenoxy) is 1. The van der Waals surface area contributed by atoms with E-state index in [4.69, 9.17) is 9.15 Å². The van der Waals surface area contributed by atoms with Crippen LogP contribution in [0.4, 0.5) is 15.8 Å². The number of rotatable bonds is 6. The Bertz CT molecular complexity index is 1200. The van der Waals surface area contributed by atoms with Crippen molar-refractivity contribution in [2.45, 2.75) is 0 Å². The van der Waals surface area contributed by atoms with Crippen molar-refractivity contribution in [1.82, 2.24) is 0 Å². The predicted molar refractivity (Wildman–Crippen MR) is 114 cm³/mol. The normalized spacial score (nSPS) is 10.4. The van der Waals surface area contributed by atoms with Gasteiger partial charge in [-0.15, -0.1) is 0 Å². The van der Waals surface area contributed by atoms with Crippen LogP contribution in [0.25, 0.3) is 0 Å². The Balaban J connectivity index is 1.44. The van der Waals surface area contributed by atoms with E-state index in [2.05, 4.69) is 10.6 Å². The minimum absolute atomic E-state index is 0.191. The lowest BCUT2D eigenvalue weighted by atomic mass is 10.2. The molecule has 3 aromatic carbocycles. The maximum atomic E-state index is 13.4. The quantitative estimate of drug-likeness (QED) is 0.422. The van der Waals surface area contributed by atoms with E-state index in [-0.39, 0.29) is 17.6 Å². The van der Waals surface area contributed by atoms with Crippen LogP contribution >= 0.6 is 0 Å². The van der Waals surface area contributed by atoms with Crippen LogP contribution in [0.2, 0.25) is 0 Å². The van der Waals surface area contributed by atoms with Gasteiger partial charge >= 0.3 is 0 Å². The van der Waals surface area contributed by atoms with Gasteiger partial charge in [-0.3, -0.25) is 9.59 Å². The van der Waals surface area contributed by atoms with Crippen molar-refractivity contribution in [3.05, 3.63) is 108 Å². The SMILES string of the molecule is O=C(Nc1ccccc1Oc1cccc(F)c1)c1ccc(NC(=O)c2ccco2)cc1.